The summed E-state index contributed by atoms with van der Waals surface area (Å²) in [7, 11) is 0. The van der Waals surface area contributed by atoms with Gasteiger partial charge in [-0.15, -0.1) is 0 Å². The molecule has 0 saturated heterocycles. The first-order valence-electron chi connectivity index (χ1n) is 6.20. The summed E-state index contributed by atoms with van der Waals surface area (Å²) in [6.07, 6.45) is 4.85. The van der Waals surface area contributed by atoms with Crippen molar-refractivity contribution in [2.24, 2.45) is 0 Å². The van der Waals surface area contributed by atoms with E-state index in [-0.39, 0.29) is 6.04 Å². The van der Waals surface area contributed by atoms with Gasteiger partial charge in [-0.05, 0) is 46.1 Å². The van der Waals surface area contributed by atoms with Crippen molar-refractivity contribution in [2.75, 3.05) is 6.54 Å². The Labute approximate surface area is 117 Å². The first kappa shape index (κ1) is 13.2. The van der Waals surface area contributed by atoms with Crippen LogP contribution in [0.4, 0.5) is 0 Å². The molecule has 0 aliphatic heterocycles. The number of nitrogens with zero attached hydrogens (tertiary/aromatic N) is 1. The molecule has 3 heteroatoms. The van der Waals surface area contributed by atoms with Crippen LogP contribution in [0.15, 0.2) is 53.3 Å². The molecule has 0 bridgehead atoms. The van der Waals surface area contributed by atoms with Gasteiger partial charge in [0.2, 0.25) is 0 Å². The van der Waals surface area contributed by atoms with E-state index >= 15 is 0 Å². The summed E-state index contributed by atoms with van der Waals surface area (Å²) in [6.45, 7) is 3.17. The van der Waals surface area contributed by atoms with Crippen molar-refractivity contribution in [1.29, 1.82) is 0 Å². The highest BCUT2D eigenvalue weighted by Gasteiger charge is 2.13. The molecule has 1 aromatic carbocycles. The Hall–Kier alpha value is -1.19. The van der Waals surface area contributed by atoms with Crippen molar-refractivity contribution in [1.82, 2.24) is 10.3 Å². The molecule has 0 radical (unpaired) electrons. The first-order chi connectivity index (χ1) is 8.81. The maximum absolute atomic E-state index is 4.25. The fourth-order valence-corrected chi connectivity index (χ4v) is 2.33. The summed E-state index contributed by atoms with van der Waals surface area (Å²) < 4.78 is 1.01. The third kappa shape index (κ3) is 3.40. The average molecular weight is 305 g/mol. The zero-order chi connectivity index (χ0) is 12.8. The van der Waals surface area contributed by atoms with E-state index in [2.05, 4.69) is 63.5 Å². The predicted octanol–water partition coefficient (Wildman–Crippen LogP) is 3.93. The van der Waals surface area contributed by atoms with Crippen LogP contribution in [0, 0.1) is 0 Å². The molecule has 1 N–H and O–H groups in total. The van der Waals surface area contributed by atoms with Crippen LogP contribution in [-0.4, -0.2) is 11.5 Å². The standard InChI is InChI=1S/C15H17BrN2/c1-2-8-18-15(12-6-4-3-5-7-12)13-9-14(16)11-17-10-13/h3-7,9-11,15,18H,2,8H2,1H3. The summed E-state index contributed by atoms with van der Waals surface area (Å²) >= 11 is 3.48. The number of nitrogens with one attached hydrogen (secondary N) is 1. The number of aromatic nitrogens is 1. The maximum Gasteiger partial charge on any atom is 0.0592 e. The Balaban J connectivity index is 2.31. The summed E-state index contributed by atoms with van der Waals surface area (Å²) in [4.78, 5) is 4.25. The molecule has 1 aromatic heterocycles. The van der Waals surface area contributed by atoms with Crippen molar-refractivity contribution < 1.29 is 0 Å². The topological polar surface area (TPSA) is 24.9 Å². The number of pyridine rings is 1. The van der Waals surface area contributed by atoms with Crippen molar-refractivity contribution in [2.45, 2.75) is 19.4 Å². The molecule has 0 aliphatic carbocycles. The first-order valence-corrected chi connectivity index (χ1v) is 6.99. The molecule has 0 spiro atoms. The summed E-state index contributed by atoms with van der Waals surface area (Å²) in [5.74, 6) is 0. The van der Waals surface area contributed by atoms with Crippen LogP contribution in [0.1, 0.15) is 30.5 Å². The normalized spacial score (nSPS) is 12.3. The van der Waals surface area contributed by atoms with Gasteiger partial charge in [-0.25, -0.2) is 0 Å². The second-order valence-electron chi connectivity index (χ2n) is 4.23. The van der Waals surface area contributed by atoms with E-state index in [0.29, 0.717) is 0 Å². The lowest BCUT2D eigenvalue weighted by molar-refractivity contribution is 0.597. The quantitative estimate of drug-likeness (QED) is 0.905. The van der Waals surface area contributed by atoms with Gasteiger partial charge in [0.15, 0.2) is 0 Å². The van der Waals surface area contributed by atoms with Gasteiger partial charge in [0.1, 0.15) is 0 Å². The third-order valence-corrected chi connectivity index (χ3v) is 3.22. The van der Waals surface area contributed by atoms with Gasteiger partial charge in [0.05, 0.1) is 6.04 Å². The Morgan fingerprint density at radius 1 is 1.17 bits per heavy atom. The number of hydrogen-bond acceptors (Lipinski definition) is 2. The van der Waals surface area contributed by atoms with Gasteiger partial charge in [-0.1, -0.05) is 37.3 Å². The zero-order valence-electron chi connectivity index (χ0n) is 10.4. The van der Waals surface area contributed by atoms with Crippen molar-refractivity contribution >= 4 is 15.9 Å². The number of hydrogen-bond donors (Lipinski definition) is 1. The highest BCUT2D eigenvalue weighted by molar-refractivity contribution is 9.10. The lowest BCUT2D eigenvalue weighted by Crippen LogP contribution is -2.23. The highest BCUT2D eigenvalue weighted by atomic mass is 79.9. The maximum atomic E-state index is 4.25. The van der Waals surface area contributed by atoms with Crippen LogP contribution in [0.3, 0.4) is 0 Å². The molecule has 18 heavy (non-hydrogen) atoms. The van der Waals surface area contributed by atoms with Gasteiger partial charge >= 0.3 is 0 Å². The van der Waals surface area contributed by atoms with Gasteiger partial charge in [-0.3, -0.25) is 4.98 Å². The van der Waals surface area contributed by atoms with E-state index in [9.17, 15) is 0 Å². The lowest BCUT2D eigenvalue weighted by Gasteiger charge is -2.19. The summed E-state index contributed by atoms with van der Waals surface area (Å²) in [5.41, 5.74) is 2.45. The van der Waals surface area contributed by atoms with E-state index in [4.69, 9.17) is 0 Å². The van der Waals surface area contributed by atoms with Crippen molar-refractivity contribution in [3.8, 4) is 0 Å². The zero-order valence-corrected chi connectivity index (χ0v) is 12.0. The molecule has 0 saturated carbocycles. The van der Waals surface area contributed by atoms with Crippen LogP contribution >= 0.6 is 15.9 Å². The number of benzene rings is 1. The van der Waals surface area contributed by atoms with E-state index in [1.54, 1.807) is 0 Å². The molecule has 0 fully saturated rings. The van der Waals surface area contributed by atoms with Crippen LogP contribution in [-0.2, 0) is 0 Å². The average Bonchev–Trinajstić information content (AvgIpc) is 2.40. The summed E-state index contributed by atoms with van der Waals surface area (Å²) in [6, 6.07) is 12.8. The second-order valence-corrected chi connectivity index (χ2v) is 5.15. The van der Waals surface area contributed by atoms with Gasteiger partial charge in [0.25, 0.3) is 0 Å². The van der Waals surface area contributed by atoms with Crippen LogP contribution in [0.5, 0.6) is 0 Å². The Kier molecular flexibility index (Phi) is 4.90. The minimum absolute atomic E-state index is 0.205. The van der Waals surface area contributed by atoms with Crippen LogP contribution in [0.25, 0.3) is 0 Å². The molecule has 2 nitrogen and oxygen atoms in total. The third-order valence-electron chi connectivity index (χ3n) is 2.79. The minimum Gasteiger partial charge on any atom is -0.306 e. The van der Waals surface area contributed by atoms with E-state index in [1.807, 2.05) is 18.5 Å². The number of rotatable bonds is 5. The molecule has 1 atom stereocenters. The molecule has 1 unspecified atom stereocenters. The molecule has 0 aliphatic rings. The molecule has 2 aromatic rings. The minimum atomic E-state index is 0.205. The molecule has 1 heterocycles. The SMILES string of the molecule is CCCNC(c1ccccc1)c1cncc(Br)c1. The van der Waals surface area contributed by atoms with Crippen molar-refractivity contribution in [3.63, 3.8) is 0 Å². The Bertz CT molecular complexity index is 485. The fraction of sp³-hybridized carbons (Fsp3) is 0.267. The van der Waals surface area contributed by atoms with E-state index < -0.39 is 0 Å². The van der Waals surface area contributed by atoms with Gasteiger partial charge in [0, 0.05) is 16.9 Å². The fourth-order valence-electron chi connectivity index (χ4n) is 1.95. The molecule has 0 amide bonds. The molecule has 94 valence electrons. The molecular formula is C15H17BrN2. The highest BCUT2D eigenvalue weighted by Crippen LogP contribution is 2.23. The van der Waals surface area contributed by atoms with Gasteiger partial charge < -0.3 is 5.32 Å². The molecule has 2 rings (SSSR count). The lowest BCUT2D eigenvalue weighted by atomic mass is 10.0. The second kappa shape index (κ2) is 6.66. The van der Waals surface area contributed by atoms with Crippen LogP contribution in [0.2, 0.25) is 0 Å². The van der Waals surface area contributed by atoms with E-state index in [0.717, 1.165) is 17.4 Å². The van der Waals surface area contributed by atoms with Crippen LogP contribution < -0.4 is 5.32 Å². The Morgan fingerprint density at radius 2 is 1.94 bits per heavy atom. The summed E-state index contributed by atoms with van der Waals surface area (Å²) in [5, 5.41) is 3.57. The molecular weight excluding hydrogens is 288 g/mol. The van der Waals surface area contributed by atoms with Gasteiger partial charge in [-0.2, -0.15) is 0 Å². The predicted molar refractivity (Wildman–Crippen MR) is 78.5 cm³/mol. The monoisotopic (exact) mass is 304 g/mol. The Morgan fingerprint density at radius 3 is 2.61 bits per heavy atom. The van der Waals surface area contributed by atoms with E-state index in [1.165, 1.54) is 11.1 Å². The smallest absolute Gasteiger partial charge is 0.0592 e. The number of halogens is 1. The largest absolute Gasteiger partial charge is 0.306 e. The van der Waals surface area contributed by atoms with Crippen molar-refractivity contribution in [3.05, 3.63) is 64.4 Å².